The molecule has 1 aromatic rings. The summed E-state index contributed by atoms with van der Waals surface area (Å²) in [5, 5.41) is 1.55. The van der Waals surface area contributed by atoms with E-state index in [1.165, 1.54) is 24.4 Å². The lowest BCUT2D eigenvalue weighted by atomic mass is 10.2. The van der Waals surface area contributed by atoms with Crippen LogP contribution in [0.2, 0.25) is 6.04 Å². The Kier molecular flexibility index (Phi) is 3.38. The molecule has 0 aromatic heterocycles. The zero-order valence-corrected chi connectivity index (χ0v) is 9.99. The summed E-state index contributed by atoms with van der Waals surface area (Å²) in [6, 6.07) is 10.2. The molecule has 0 radical (unpaired) electrons. The average molecular weight is 206 g/mol. The molecule has 2 heteroatoms. The van der Waals surface area contributed by atoms with Gasteiger partial charge in [-0.05, 0) is 29.6 Å². The Balaban J connectivity index is 2.20. The van der Waals surface area contributed by atoms with E-state index in [1.807, 2.05) is 0 Å². The number of aryl methyl sites for hydroxylation is 1. The molecule has 1 unspecified atom stereocenters. The fraction of sp³-hybridized carbons (Fsp3) is 0.500. The molecular weight excluding hydrogens is 188 g/mol. The molecule has 1 aromatic carbocycles. The Labute approximate surface area is 87.8 Å². The van der Waals surface area contributed by atoms with Gasteiger partial charge in [0.1, 0.15) is 0 Å². The van der Waals surface area contributed by atoms with E-state index in [0.717, 1.165) is 13.0 Å². The van der Waals surface area contributed by atoms with E-state index in [-0.39, 0.29) is 0 Å². The van der Waals surface area contributed by atoms with E-state index in [9.17, 15) is 0 Å². The van der Waals surface area contributed by atoms with E-state index in [1.54, 1.807) is 5.19 Å². The maximum absolute atomic E-state index is 5.95. The van der Waals surface area contributed by atoms with E-state index in [2.05, 4.69) is 31.2 Å². The molecule has 1 atom stereocenters. The lowest BCUT2D eigenvalue weighted by molar-refractivity contribution is 0.294. The highest BCUT2D eigenvalue weighted by molar-refractivity contribution is 6.68. The Bertz CT molecular complexity index is 292. The van der Waals surface area contributed by atoms with Gasteiger partial charge in [0.05, 0.1) is 0 Å². The second kappa shape index (κ2) is 4.76. The minimum atomic E-state index is -1.04. The van der Waals surface area contributed by atoms with E-state index in [0.29, 0.717) is 0 Å². The third-order valence-corrected chi connectivity index (χ3v) is 5.79. The fourth-order valence-corrected chi connectivity index (χ4v) is 4.96. The quantitative estimate of drug-likeness (QED) is 0.672. The van der Waals surface area contributed by atoms with Gasteiger partial charge < -0.3 is 4.43 Å². The standard InChI is InChI=1S/C12H18OSi/c1-2-11-7-3-4-8-12(11)14-10-6-5-9-13-14/h3-4,7-8,14H,2,5-6,9-10H2,1H3. The zero-order chi connectivity index (χ0) is 9.80. The van der Waals surface area contributed by atoms with Crippen LogP contribution < -0.4 is 5.19 Å². The molecule has 0 N–H and O–H groups in total. The van der Waals surface area contributed by atoms with E-state index in [4.69, 9.17) is 4.43 Å². The molecule has 1 heterocycles. The topological polar surface area (TPSA) is 9.23 Å². The zero-order valence-electron chi connectivity index (χ0n) is 8.83. The highest BCUT2D eigenvalue weighted by atomic mass is 28.3. The molecule has 1 aliphatic rings. The average Bonchev–Trinajstić information content (AvgIpc) is 2.30. The lowest BCUT2D eigenvalue weighted by Gasteiger charge is -2.23. The van der Waals surface area contributed by atoms with Gasteiger partial charge in [-0.25, -0.2) is 0 Å². The molecule has 2 rings (SSSR count). The van der Waals surface area contributed by atoms with Gasteiger partial charge in [0.25, 0.3) is 0 Å². The number of hydrogen-bond donors (Lipinski definition) is 0. The molecule has 0 amide bonds. The minimum absolute atomic E-state index is 0.995. The van der Waals surface area contributed by atoms with Gasteiger partial charge in [0, 0.05) is 6.61 Å². The summed E-state index contributed by atoms with van der Waals surface area (Å²) in [7, 11) is -1.04. The van der Waals surface area contributed by atoms with Crippen LogP contribution in [0.5, 0.6) is 0 Å². The van der Waals surface area contributed by atoms with Crippen LogP contribution in [0.4, 0.5) is 0 Å². The molecule has 0 spiro atoms. The van der Waals surface area contributed by atoms with Gasteiger partial charge in [0.2, 0.25) is 9.04 Å². The molecule has 0 bridgehead atoms. The molecule has 1 fully saturated rings. The van der Waals surface area contributed by atoms with Crippen LogP contribution in [0.25, 0.3) is 0 Å². The molecular formula is C12H18OSi. The monoisotopic (exact) mass is 206 g/mol. The van der Waals surface area contributed by atoms with Crippen molar-refractivity contribution in [3.05, 3.63) is 29.8 Å². The van der Waals surface area contributed by atoms with Crippen LogP contribution in [-0.2, 0) is 10.8 Å². The maximum atomic E-state index is 5.95. The third-order valence-electron chi connectivity index (χ3n) is 2.96. The van der Waals surface area contributed by atoms with Crippen LogP contribution in [0, 0.1) is 0 Å². The minimum Gasteiger partial charge on any atom is -0.415 e. The van der Waals surface area contributed by atoms with Crippen molar-refractivity contribution >= 4 is 14.2 Å². The van der Waals surface area contributed by atoms with Crippen LogP contribution in [0.1, 0.15) is 25.3 Å². The molecule has 0 aliphatic carbocycles. The SMILES string of the molecule is CCc1ccccc1[SiH]1CCCCO1. The van der Waals surface area contributed by atoms with E-state index >= 15 is 0 Å². The van der Waals surface area contributed by atoms with Crippen molar-refractivity contribution < 1.29 is 4.43 Å². The molecule has 1 saturated heterocycles. The summed E-state index contributed by atoms with van der Waals surface area (Å²) in [6.07, 6.45) is 3.77. The lowest BCUT2D eigenvalue weighted by Crippen LogP contribution is -2.38. The predicted molar refractivity (Wildman–Crippen MR) is 62.6 cm³/mol. The summed E-state index contributed by atoms with van der Waals surface area (Å²) in [5.41, 5.74) is 1.51. The maximum Gasteiger partial charge on any atom is 0.208 e. The molecule has 1 aliphatic heterocycles. The summed E-state index contributed by atoms with van der Waals surface area (Å²) in [5.74, 6) is 0. The molecule has 76 valence electrons. The second-order valence-corrected chi connectivity index (χ2v) is 6.42. The Morgan fingerprint density at radius 1 is 1.29 bits per heavy atom. The Morgan fingerprint density at radius 2 is 2.14 bits per heavy atom. The van der Waals surface area contributed by atoms with Crippen molar-refractivity contribution in [2.45, 2.75) is 32.2 Å². The largest absolute Gasteiger partial charge is 0.415 e. The smallest absolute Gasteiger partial charge is 0.208 e. The van der Waals surface area contributed by atoms with Crippen molar-refractivity contribution in [1.82, 2.24) is 0 Å². The van der Waals surface area contributed by atoms with Crippen molar-refractivity contribution in [3.8, 4) is 0 Å². The van der Waals surface area contributed by atoms with Crippen molar-refractivity contribution in [3.63, 3.8) is 0 Å². The number of hydrogen-bond acceptors (Lipinski definition) is 1. The Hall–Kier alpha value is -0.603. The van der Waals surface area contributed by atoms with Crippen molar-refractivity contribution in [1.29, 1.82) is 0 Å². The first-order valence-corrected chi connectivity index (χ1v) is 7.47. The predicted octanol–water partition coefficient (Wildman–Crippen LogP) is 1.99. The van der Waals surface area contributed by atoms with Gasteiger partial charge in [-0.1, -0.05) is 37.6 Å². The summed E-state index contributed by atoms with van der Waals surface area (Å²) < 4.78 is 5.95. The molecule has 0 saturated carbocycles. The number of benzene rings is 1. The number of rotatable bonds is 2. The highest BCUT2D eigenvalue weighted by Crippen LogP contribution is 2.12. The summed E-state index contributed by atoms with van der Waals surface area (Å²) >= 11 is 0. The third kappa shape index (κ3) is 2.07. The van der Waals surface area contributed by atoms with Gasteiger partial charge in [-0.2, -0.15) is 0 Å². The molecule has 14 heavy (non-hydrogen) atoms. The first kappa shape index (κ1) is 9.93. The normalized spacial score (nSPS) is 22.2. The van der Waals surface area contributed by atoms with Crippen LogP contribution >= 0.6 is 0 Å². The summed E-state index contributed by atoms with van der Waals surface area (Å²) in [4.78, 5) is 0. The fourth-order valence-electron chi connectivity index (χ4n) is 2.16. The van der Waals surface area contributed by atoms with Gasteiger partial charge in [-0.15, -0.1) is 0 Å². The molecule has 1 nitrogen and oxygen atoms in total. The van der Waals surface area contributed by atoms with Crippen LogP contribution in [-0.4, -0.2) is 15.6 Å². The second-order valence-electron chi connectivity index (χ2n) is 3.91. The van der Waals surface area contributed by atoms with Gasteiger partial charge in [-0.3, -0.25) is 0 Å². The Morgan fingerprint density at radius 3 is 2.86 bits per heavy atom. The first-order chi connectivity index (χ1) is 6.92. The van der Waals surface area contributed by atoms with Crippen molar-refractivity contribution in [2.75, 3.05) is 6.61 Å². The van der Waals surface area contributed by atoms with E-state index < -0.39 is 9.04 Å². The van der Waals surface area contributed by atoms with Crippen LogP contribution in [0.15, 0.2) is 24.3 Å². The summed E-state index contributed by atoms with van der Waals surface area (Å²) in [6.45, 7) is 3.23. The van der Waals surface area contributed by atoms with Gasteiger partial charge in [0.15, 0.2) is 0 Å². The first-order valence-electron chi connectivity index (χ1n) is 5.61. The van der Waals surface area contributed by atoms with Gasteiger partial charge >= 0.3 is 0 Å². The van der Waals surface area contributed by atoms with Crippen molar-refractivity contribution in [2.24, 2.45) is 0 Å². The highest BCUT2D eigenvalue weighted by Gasteiger charge is 2.20. The van der Waals surface area contributed by atoms with Crippen LogP contribution in [0.3, 0.4) is 0 Å².